The number of rotatable bonds is 2. The van der Waals surface area contributed by atoms with Crippen LogP contribution in [-0.2, 0) is 14.3 Å². The molecule has 0 aromatic rings. The number of carbonyl (C=O) groups is 2. The summed E-state index contributed by atoms with van der Waals surface area (Å²) in [7, 11) is -1.60. The SMILES string of the molecule is N=NP(N)C1CC(=O)C(N)C(=O)O1. The highest BCUT2D eigenvalue weighted by molar-refractivity contribution is 7.54. The van der Waals surface area contributed by atoms with Crippen LogP contribution in [0.2, 0.25) is 0 Å². The Kier molecular flexibility index (Phi) is 3.02. The van der Waals surface area contributed by atoms with Gasteiger partial charge in [0.2, 0.25) is 0 Å². The first kappa shape index (κ1) is 10.2. The van der Waals surface area contributed by atoms with Crippen LogP contribution in [0.1, 0.15) is 6.42 Å². The lowest BCUT2D eigenvalue weighted by Gasteiger charge is -2.25. The number of nitrogens with two attached hydrogens (primary N) is 2. The van der Waals surface area contributed by atoms with E-state index in [1.165, 1.54) is 0 Å². The molecule has 0 bridgehead atoms. The molecular formula is C5H9N4O3P. The zero-order valence-electron chi connectivity index (χ0n) is 6.64. The predicted octanol–water partition coefficient (Wildman–Crippen LogP) is -0.543. The van der Waals surface area contributed by atoms with Crippen LogP contribution in [0.15, 0.2) is 4.88 Å². The fourth-order valence-electron chi connectivity index (χ4n) is 0.891. The second-order valence-electron chi connectivity index (χ2n) is 2.52. The second kappa shape index (κ2) is 3.87. The van der Waals surface area contributed by atoms with Crippen molar-refractivity contribution in [2.24, 2.45) is 16.1 Å². The van der Waals surface area contributed by atoms with Crippen molar-refractivity contribution in [3.05, 3.63) is 0 Å². The zero-order chi connectivity index (χ0) is 10.0. The molecule has 1 aliphatic heterocycles. The van der Waals surface area contributed by atoms with E-state index < -0.39 is 31.9 Å². The summed E-state index contributed by atoms with van der Waals surface area (Å²) in [4.78, 5) is 25.0. The molecule has 0 radical (unpaired) electrons. The van der Waals surface area contributed by atoms with Gasteiger partial charge in [0.05, 0.1) is 6.42 Å². The van der Waals surface area contributed by atoms with E-state index >= 15 is 0 Å². The van der Waals surface area contributed by atoms with Gasteiger partial charge >= 0.3 is 5.97 Å². The van der Waals surface area contributed by atoms with Crippen molar-refractivity contribution in [3.63, 3.8) is 0 Å². The van der Waals surface area contributed by atoms with Crippen LogP contribution in [0.4, 0.5) is 0 Å². The first-order valence-corrected chi connectivity index (χ1v) is 4.89. The predicted molar refractivity (Wildman–Crippen MR) is 43.7 cm³/mol. The molecule has 0 aromatic heterocycles. The van der Waals surface area contributed by atoms with Gasteiger partial charge in [-0.25, -0.2) is 10.3 Å². The molecule has 0 aliphatic carbocycles. The maximum atomic E-state index is 11.1. The monoisotopic (exact) mass is 204 g/mol. The highest BCUT2D eigenvalue weighted by Gasteiger charge is 2.37. The van der Waals surface area contributed by atoms with Crippen molar-refractivity contribution >= 4 is 20.0 Å². The lowest BCUT2D eigenvalue weighted by Crippen LogP contribution is -2.47. The summed E-state index contributed by atoms with van der Waals surface area (Å²) in [5.74, 6) is -1.99. The molecule has 1 heterocycles. The number of ether oxygens (including phenoxy) is 1. The molecule has 1 saturated heterocycles. The summed E-state index contributed by atoms with van der Waals surface area (Å²) in [6.45, 7) is 0. The molecule has 5 N–H and O–H groups in total. The third-order valence-electron chi connectivity index (χ3n) is 1.64. The van der Waals surface area contributed by atoms with Gasteiger partial charge in [-0.3, -0.25) is 10.3 Å². The summed E-state index contributed by atoms with van der Waals surface area (Å²) >= 11 is 0. The molecule has 0 aromatic carbocycles. The second-order valence-corrected chi connectivity index (χ2v) is 4.06. The molecule has 1 fully saturated rings. The molecule has 0 saturated carbocycles. The summed E-state index contributed by atoms with van der Waals surface area (Å²) in [5, 5.41) is 0. The number of nitrogens with zero attached hydrogens (tertiary/aromatic N) is 1. The van der Waals surface area contributed by atoms with Crippen LogP contribution in [0, 0.1) is 5.53 Å². The van der Waals surface area contributed by atoms with E-state index in [0.29, 0.717) is 0 Å². The Hall–Kier alpha value is -0.910. The molecule has 0 spiro atoms. The Labute approximate surface area is 75.2 Å². The number of nitrogens with one attached hydrogen (secondary N) is 1. The Morgan fingerprint density at radius 3 is 2.69 bits per heavy atom. The minimum Gasteiger partial charge on any atom is -0.452 e. The Morgan fingerprint density at radius 1 is 1.62 bits per heavy atom. The Bertz CT molecular complexity index is 240. The van der Waals surface area contributed by atoms with Gasteiger partial charge < -0.3 is 10.5 Å². The molecule has 13 heavy (non-hydrogen) atoms. The van der Waals surface area contributed by atoms with E-state index in [4.69, 9.17) is 21.5 Å². The van der Waals surface area contributed by atoms with Gasteiger partial charge in [0.1, 0.15) is 0 Å². The quantitative estimate of drug-likeness (QED) is 0.240. The van der Waals surface area contributed by atoms with Crippen LogP contribution >= 0.6 is 8.22 Å². The number of esters is 1. The zero-order valence-corrected chi connectivity index (χ0v) is 7.53. The molecule has 1 rings (SSSR count). The summed E-state index contributed by atoms with van der Waals surface area (Å²) in [6.07, 6.45) is -0.0442. The van der Waals surface area contributed by atoms with Gasteiger partial charge in [0.15, 0.2) is 25.9 Å². The van der Waals surface area contributed by atoms with Gasteiger partial charge in [-0.15, -0.1) is 0 Å². The third kappa shape index (κ3) is 2.06. The van der Waals surface area contributed by atoms with E-state index in [9.17, 15) is 9.59 Å². The summed E-state index contributed by atoms with van der Waals surface area (Å²) in [5.41, 5.74) is 17.2. The number of ketones is 1. The van der Waals surface area contributed by atoms with Crippen molar-refractivity contribution in [1.82, 2.24) is 0 Å². The number of carbonyl (C=O) groups excluding carboxylic acids is 2. The highest BCUT2D eigenvalue weighted by atomic mass is 31.1. The number of hydrogen-bond acceptors (Lipinski definition) is 7. The van der Waals surface area contributed by atoms with E-state index in [0.717, 1.165) is 0 Å². The van der Waals surface area contributed by atoms with Gasteiger partial charge in [-0.05, 0) is 0 Å². The lowest BCUT2D eigenvalue weighted by atomic mass is 10.1. The fourth-order valence-corrected chi connectivity index (χ4v) is 1.60. The third-order valence-corrected chi connectivity index (χ3v) is 2.75. The molecule has 3 atom stereocenters. The Morgan fingerprint density at radius 2 is 2.23 bits per heavy atom. The molecule has 0 amide bonds. The number of cyclic esters (lactones) is 1. The smallest absolute Gasteiger partial charge is 0.331 e. The van der Waals surface area contributed by atoms with Crippen molar-refractivity contribution < 1.29 is 14.3 Å². The normalized spacial score (nSPS) is 30.9. The average Bonchev–Trinajstić information content (AvgIpc) is 2.12. The first-order valence-electron chi connectivity index (χ1n) is 3.46. The molecule has 7 nitrogen and oxygen atoms in total. The lowest BCUT2D eigenvalue weighted by molar-refractivity contribution is -0.155. The van der Waals surface area contributed by atoms with Crippen molar-refractivity contribution in [2.75, 3.05) is 0 Å². The van der Waals surface area contributed by atoms with Crippen LogP contribution < -0.4 is 11.2 Å². The molecule has 8 heteroatoms. The standard InChI is InChI=1S/C5H9N4O3P/c6-4-2(10)1-3(12-5(4)11)13(8)9-7/h3-4,7H,1,6,8H2. The van der Waals surface area contributed by atoms with Gasteiger partial charge in [-0.1, -0.05) is 0 Å². The van der Waals surface area contributed by atoms with Gasteiger partial charge in [0, 0.05) is 0 Å². The van der Waals surface area contributed by atoms with Crippen molar-refractivity contribution in [2.45, 2.75) is 18.3 Å². The summed E-state index contributed by atoms with van der Waals surface area (Å²) < 4.78 is 4.73. The molecule has 3 unspecified atom stereocenters. The van der Waals surface area contributed by atoms with Crippen molar-refractivity contribution in [1.29, 1.82) is 5.53 Å². The van der Waals surface area contributed by atoms with E-state index in [1.807, 2.05) is 0 Å². The maximum absolute atomic E-state index is 11.1. The minimum absolute atomic E-state index is 0.0442. The Balaban J connectivity index is 2.69. The van der Waals surface area contributed by atoms with Gasteiger partial charge in [-0.2, -0.15) is 4.88 Å². The average molecular weight is 204 g/mol. The topological polar surface area (TPSA) is 132 Å². The molecule has 1 aliphatic rings. The van der Waals surface area contributed by atoms with Crippen molar-refractivity contribution in [3.8, 4) is 0 Å². The summed E-state index contributed by atoms with van der Waals surface area (Å²) in [6, 6.07) is -1.20. The van der Waals surface area contributed by atoms with Gasteiger partial charge in [0.25, 0.3) is 0 Å². The van der Waals surface area contributed by atoms with Crippen LogP contribution in [-0.4, -0.2) is 23.6 Å². The first-order chi connectivity index (χ1) is 6.06. The number of hydrogen-bond donors (Lipinski definition) is 3. The minimum atomic E-state index is -1.60. The largest absolute Gasteiger partial charge is 0.452 e. The van der Waals surface area contributed by atoms with E-state index in [2.05, 4.69) is 4.88 Å². The van der Waals surface area contributed by atoms with Crippen LogP contribution in [0.5, 0.6) is 0 Å². The fraction of sp³-hybridized carbons (Fsp3) is 0.600. The maximum Gasteiger partial charge on any atom is 0.331 e. The van der Waals surface area contributed by atoms with Crippen LogP contribution in [0.3, 0.4) is 0 Å². The van der Waals surface area contributed by atoms with E-state index in [-0.39, 0.29) is 6.42 Å². The number of Topliss-reactive ketones (excluding diaryl/α,β-unsaturated/α-hetero) is 1. The van der Waals surface area contributed by atoms with Crippen LogP contribution in [0.25, 0.3) is 0 Å². The molecular weight excluding hydrogens is 195 g/mol. The van der Waals surface area contributed by atoms with E-state index in [1.54, 1.807) is 0 Å². The molecule has 72 valence electrons. The highest BCUT2D eigenvalue weighted by Crippen LogP contribution is 2.38.